The van der Waals surface area contributed by atoms with Gasteiger partial charge < -0.3 is 19.1 Å². The molecule has 0 bridgehead atoms. The second-order valence-electron chi connectivity index (χ2n) is 5.22. The summed E-state index contributed by atoms with van der Waals surface area (Å²) < 4.78 is 15.5. The van der Waals surface area contributed by atoms with Gasteiger partial charge in [-0.15, -0.1) is 0 Å². The fourth-order valence-electron chi connectivity index (χ4n) is 2.11. The molecule has 0 N–H and O–H groups in total. The summed E-state index contributed by atoms with van der Waals surface area (Å²) in [4.78, 5) is 25.4. The summed E-state index contributed by atoms with van der Waals surface area (Å²) in [6.07, 6.45) is 1.07. The fourth-order valence-corrected chi connectivity index (χ4v) is 2.11. The van der Waals surface area contributed by atoms with Crippen LogP contribution >= 0.6 is 0 Å². The summed E-state index contributed by atoms with van der Waals surface area (Å²) >= 11 is 0. The van der Waals surface area contributed by atoms with Crippen molar-refractivity contribution >= 4 is 11.9 Å². The van der Waals surface area contributed by atoms with E-state index in [2.05, 4.69) is 6.92 Å². The molecule has 0 saturated heterocycles. The molecule has 0 heterocycles. The van der Waals surface area contributed by atoms with Gasteiger partial charge in [0.25, 0.3) is 5.91 Å². The molecule has 0 aliphatic heterocycles. The lowest BCUT2D eigenvalue weighted by molar-refractivity contribution is -0.144. The minimum Gasteiger partial charge on any atom is -0.484 e. The lowest BCUT2D eigenvalue weighted by Crippen LogP contribution is -2.38. The summed E-state index contributed by atoms with van der Waals surface area (Å²) in [6.45, 7) is 5.18. The molecular formula is C18H27NO5. The molecule has 0 saturated carbocycles. The first-order valence-corrected chi connectivity index (χ1v) is 8.24. The summed E-state index contributed by atoms with van der Waals surface area (Å²) in [5.41, 5.74) is 1.15. The van der Waals surface area contributed by atoms with Crippen LogP contribution in [-0.2, 0) is 25.5 Å². The Labute approximate surface area is 143 Å². The van der Waals surface area contributed by atoms with Crippen molar-refractivity contribution in [2.45, 2.75) is 26.7 Å². The van der Waals surface area contributed by atoms with E-state index in [0.717, 1.165) is 12.0 Å². The number of rotatable bonds is 11. The van der Waals surface area contributed by atoms with Gasteiger partial charge in [0.15, 0.2) is 6.61 Å². The molecule has 24 heavy (non-hydrogen) atoms. The number of nitrogens with zero attached hydrogens (tertiary/aromatic N) is 1. The molecule has 0 unspecified atom stereocenters. The molecule has 1 aromatic carbocycles. The van der Waals surface area contributed by atoms with Gasteiger partial charge in [-0.2, -0.15) is 0 Å². The summed E-state index contributed by atoms with van der Waals surface area (Å²) in [5.74, 6) is 0.169. The maximum atomic E-state index is 12.3. The molecular weight excluding hydrogens is 310 g/mol. The van der Waals surface area contributed by atoms with Gasteiger partial charge in [-0.05, 0) is 31.0 Å². The molecule has 0 radical (unpaired) electrons. The van der Waals surface area contributed by atoms with Crippen molar-refractivity contribution in [1.82, 2.24) is 4.90 Å². The number of aryl methyl sites for hydroxylation is 1. The number of carbonyl (C=O) groups is 2. The van der Waals surface area contributed by atoms with Crippen LogP contribution < -0.4 is 4.74 Å². The topological polar surface area (TPSA) is 65.1 Å². The maximum absolute atomic E-state index is 12.3. The molecule has 0 aromatic heterocycles. The van der Waals surface area contributed by atoms with E-state index in [-0.39, 0.29) is 24.9 Å². The number of benzene rings is 1. The highest BCUT2D eigenvalue weighted by atomic mass is 16.5. The quantitative estimate of drug-likeness (QED) is 0.578. The van der Waals surface area contributed by atoms with E-state index < -0.39 is 0 Å². The third kappa shape index (κ3) is 7.46. The monoisotopic (exact) mass is 337 g/mol. The van der Waals surface area contributed by atoms with Gasteiger partial charge in [-0.1, -0.05) is 19.1 Å². The van der Waals surface area contributed by atoms with Crippen LogP contribution in [0.3, 0.4) is 0 Å². The first-order chi connectivity index (χ1) is 11.6. The lowest BCUT2D eigenvalue weighted by Gasteiger charge is -2.22. The lowest BCUT2D eigenvalue weighted by atomic mass is 10.2. The normalized spacial score (nSPS) is 10.3. The standard InChI is InChI=1S/C18H27NO5/c1-4-15-7-6-8-16(13-15)24-14-17(20)19(11-12-22-3)10-9-18(21)23-5-2/h6-8,13H,4-5,9-12,14H2,1-3H3. The highest BCUT2D eigenvalue weighted by Gasteiger charge is 2.16. The van der Waals surface area contributed by atoms with E-state index in [1.807, 2.05) is 24.3 Å². The third-order valence-electron chi connectivity index (χ3n) is 3.48. The Morgan fingerprint density at radius 2 is 1.96 bits per heavy atom. The van der Waals surface area contributed by atoms with Crippen molar-refractivity contribution in [2.24, 2.45) is 0 Å². The Morgan fingerprint density at radius 3 is 2.62 bits per heavy atom. The van der Waals surface area contributed by atoms with Gasteiger partial charge >= 0.3 is 5.97 Å². The van der Waals surface area contributed by atoms with Crippen LogP contribution in [0.15, 0.2) is 24.3 Å². The number of methoxy groups -OCH3 is 1. The van der Waals surface area contributed by atoms with Crippen molar-refractivity contribution in [2.75, 3.05) is 40.0 Å². The van der Waals surface area contributed by atoms with Crippen LogP contribution in [0.4, 0.5) is 0 Å². The van der Waals surface area contributed by atoms with Crippen molar-refractivity contribution in [1.29, 1.82) is 0 Å². The first kappa shape index (κ1) is 20.0. The van der Waals surface area contributed by atoms with E-state index in [9.17, 15) is 9.59 Å². The molecule has 0 fully saturated rings. The molecule has 1 rings (SSSR count). The van der Waals surface area contributed by atoms with Crippen LogP contribution in [0.5, 0.6) is 5.75 Å². The van der Waals surface area contributed by atoms with Crippen LogP contribution in [0, 0.1) is 0 Å². The Balaban J connectivity index is 2.54. The predicted molar refractivity (Wildman–Crippen MR) is 91.0 cm³/mol. The molecule has 0 atom stereocenters. The van der Waals surface area contributed by atoms with Crippen molar-refractivity contribution in [3.8, 4) is 5.75 Å². The Morgan fingerprint density at radius 1 is 1.17 bits per heavy atom. The Kier molecular flexibility index (Phi) is 9.53. The zero-order valence-electron chi connectivity index (χ0n) is 14.7. The predicted octanol–water partition coefficient (Wildman–Crippen LogP) is 2.06. The zero-order chi connectivity index (χ0) is 17.8. The van der Waals surface area contributed by atoms with Crippen LogP contribution in [0.1, 0.15) is 25.8 Å². The van der Waals surface area contributed by atoms with Crippen molar-refractivity contribution in [3.05, 3.63) is 29.8 Å². The van der Waals surface area contributed by atoms with Gasteiger partial charge in [0.1, 0.15) is 5.75 Å². The summed E-state index contributed by atoms with van der Waals surface area (Å²) in [7, 11) is 1.57. The largest absolute Gasteiger partial charge is 0.484 e. The van der Waals surface area contributed by atoms with E-state index in [1.54, 1.807) is 18.9 Å². The van der Waals surface area contributed by atoms with Gasteiger partial charge in [-0.3, -0.25) is 9.59 Å². The molecule has 0 aliphatic rings. The number of ether oxygens (including phenoxy) is 3. The van der Waals surface area contributed by atoms with E-state index in [4.69, 9.17) is 14.2 Å². The second-order valence-corrected chi connectivity index (χ2v) is 5.22. The summed E-state index contributed by atoms with van der Waals surface area (Å²) in [6, 6.07) is 7.66. The molecule has 1 amide bonds. The Hall–Kier alpha value is -2.08. The minimum absolute atomic E-state index is 0.0697. The highest BCUT2D eigenvalue weighted by Crippen LogP contribution is 2.13. The smallest absolute Gasteiger partial charge is 0.307 e. The molecule has 1 aromatic rings. The Bertz CT molecular complexity index is 518. The van der Waals surface area contributed by atoms with Gasteiger partial charge in [0.2, 0.25) is 0 Å². The second kappa shape index (κ2) is 11.5. The molecule has 0 aliphatic carbocycles. The number of hydrogen-bond acceptors (Lipinski definition) is 5. The van der Waals surface area contributed by atoms with Crippen LogP contribution in [-0.4, -0.2) is 56.8 Å². The number of carbonyl (C=O) groups excluding carboxylic acids is 2. The van der Waals surface area contributed by atoms with Crippen molar-refractivity contribution < 1.29 is 23.8 Å². The van der Waals surface area contributed by atoms with E-state index in [1.165, 1.54) is 0 Å². The highest BCUT2D eigenvalue weighted by molar-refractivity contribution is 5.78. The van der Waals surface area contributed by atoms with Crippen LogP contribution in [0.2, 0.25) is 0 Å². The van der Waals surface area contributed by atoms with Crippen LogP contribution in [0.25, 0.3) is 0 Å². The molecule has 0 spiro atoms. The first-order valence-electron chi connectivity index (χ1n) is 8.24. The summed E-state index contributed by atoms with van der Waals surface area (Å²) in [5, 5.41) is 0. The average molecular weight is 337 g/mol. The van der Waals surface area contributed by atoms with E-state index >= 15 is 0 Å². The van der Waals surface area contributed by atoms with Gasteiger partial charge in [0, 0.05) is 20.2 Å². The average Bonchev–Trinajstić information content (AvgIpc) is 2.60. The maximum Gasteiger partial charge on any atom is 0.307 e. The number of esters is 1. The SMILES string of the molecule is CCOC(=O)CCN(CCOC)C(=O)COc1cccc(CC)c1. The number of amides is 1. The zero-order valence-corrected chi connectivity index (χ0v) is 14.7. The van der Waals surface area contributed by atoms with E-state index in [0.29, 0.717) is 32.1 Å². The molecule has 6 heteroatoms. The van der Waals surface area contributed by atoms with Gasteiger partial charge in [-0.25, -0.2) is 0 Å². The minimum atomic E-state index is -0.315. The third-order valence-corrected chi connectivity index (χ3v) is 3.48. The van der Waals surface area contributed by atoms with Crippen molar-refractivity contribution in [3.63, 3.8) is 0 Å². The molecule has 6 nitrogen and oxygen atoms in total. The fraction of sp³-hybridized carbons (Fsp3) is 0.556. The van der Waals surface area contributed by atoms with Gasteiger partial charge in [0.05, 0.1) is 19.6 Å². The molecule has 134 valence electrons. The number of hydrogen-bond donors (Lipinski definition) is 0.